The lowest BCUT2D eigenvalue weighted by molar-refractivity contribution is 1.05. The second-order valence-electron chi connectivity index (χ2n) is 5.71. The predicted molar refractivity (Wildman–Crippen MR) is 99.4 cm³/mol. The number of hydrogen-bond acceptors (Lipinski definition) is 4. The third-order valence-electron chi connectivity index (χ3n) is 4.02. The molecule has 0 amide bonds. The SMILES string of the molecule is O=c1nc(NCc2ccc(-c3ccccc3)cc2)c2cccnc2[nH]1. The van der Waals surface area contributed by atoms with Gasteiger partial charge in [-0.3, -0.25) is 4.98 Å². The number of anilines is 1. The van der Waals surface area contributed by atoms with Gasteiger partial charge >= 0.3 is 5.69 Å². The van der Waals surface area contributed by atoms with E-state index in [9.17, 15) is 4.79 Å². The van der Waals surface area contributed by atoms with Crippen LogP contribution in [0.2, 0.25) is 0 Å². The third kappa shape index (κ3) is 3.26. The Labute approximate surface area is 144 Å². The first-order chi connectivity index (χ1) is 12.3. The fourth-order valence-electron chi connectivity index (χ4n) is 2.75. The number of rotatable bonds is 4. The zero-order chi connectivity index (χ0) is 17.1. The Kier molecular flexibility index (Phi) is 3.96. The van der Waals surface area contributed by atoms with Crippen molar-refractivity contribution in [3.63, 3.8) is 0 Å². The summed E-state index contributed by atoms with van der Waals surface area (Å²) in [5, 5.41) is 4.03. The van der Waals surface area contributed by atoms with Crippen LogP contribution in [-0.2, 0) is 6.54 Å². The van der Waals surface area contributed by atoms with E-state index in [0.717, 1.165) is 10.9 Å². The molecule has 5 heteroatoms. The fraction of sp³-hybridized carbons (Fsp3) is 0.0500. The third-order valence-corrected chi connectivity index (χ3v) is 4.02. The quantitative estimate of drug-likeness (QED) is 0.600. The lowest BCUT2D eigenvalue weighted by atomic mass is 10.0. The van der Waals surface area contributed by atoms with Crippen LogP contribution >= 0.6 is 0 Å². The number of hydrogen-bond donors (Lipinski definition) is 2. The van der Waals surface area contributed by atoms with Gasteiger partial charge in [0.15, 0.2) is 0 Å². The van der Waals surface area contributed by atoms with Crippen LogP contribution in [-0.4, -0.2) is 15.0 Å². The van der Waals surface area contributed by atoms with Gasteiger partial charge in [-0.15, -0.1) is 0 Å². The molecule has 0 aliphatic rings. The molecule has 0 saturated carbocycles. The average Bonchev–Trinajstić information content (AvgIpc) is 2.67. The molecule has 5 nitrogen and oxygen atoms in total. The molecule has 0 fully saturated rings. The Morgan fingerprint density at radius 2 is 1.64 bits per heavy atom. The van der Waals surface area contributed by atoms with Gasteiger partial charge in [0, 0.05) is 12.7 Å². The van der Waals surface area contributed by atoms with Crippen molar-refractivity contribution in [1.29, 1.82) is 0 Å². The van der Waals surface area contributed by atoms with Gasteiger partial charge in [-0.25, -0.2) is 9.78 Å². The maximum Gasteiger partial charge on any atom is 0.348 e. The number of aromatic amines is 1. The van der Waals surface area contributed by atoms with Crippen molar-refractivity contribution in [2.24, 2.45) is 0 Å². The van der Waals surface area contributed by atoms with Crippen LogP contribution in [0.1, 0.15) is 5.56 Å². The molecule has 25 heavy (non-hydrogen) atoms. The Morgan fingerprint density at radius 3 is 2.44 bits per heavy atom. The van der Waals surface area contributed by atoms with E-state index in [0.29, 0.717) is 18.0 Å². The molecular formula is C20H16N4O. The zero-order valence-corrected chi connectivity index (χ0v) is 13.4. The molecule has 0 unspecified atom stereocenters. The zero-order valence-electron chi connectivity index (χ0n) is 13.4. The van der Waals surface area contributed by atoms with Crippen molar-refractivity contribution in [3.05, 3.63) is 89.0 Å². The molecule has 2 heterocycles. The average molecular weight is 328 g/mol. The summed E-state index contributed by atoms with van der Waals surface area (Å²) in [7, 11) is 0. The summed E-state index contributed by atoms with van der Waals surface area (Å²) in [6.45, 7) is 0.579. The largest absolute Gasteiger partial charge is 0.365 e. The van der Waals surface area contributed by atoms with Crippen molar-refractivity contribution in [2.75, 3.05) is 5.32 Å². The minimum atomic E-state index is -0.409. The normalized spacial score (nSPS) is 10.7. The summed E-state index contributed by atoms with van der Waals surface area (Å²) in [6, 6.07) is 22.3. The second-order valence-corrected chi connectivity index (χ2v) is 5.71. The van der Waals surface area contributed by atoms with Crippen LogP contribution < -0.4 is 11.0 Å². The van der Waals surface area contributed by atoms with Crippen LogP contribution in [0.3, 0.4) is 0 Å². The van der Waals surface area contributed by atoms with Gasteiger partial charge in [-0.1, -0.05) is 54.6 Å². The smallest absolute Gasteiger partial charge is 0.348 e. The van der Waals surface area contributed by atoms with E-state index < -0.39 is 5.69 Å². The Morgan fingerprint density at radius 1 is 0.880 bits per heavy atom. The van der Waals surface area contributed by atoms with Gasteiger partial charge in [-0.2, -0.15) is 4.98 Å². The van der Waals surface area contributed by atoms with Gasteiger partial charge < -0.3 is 5.32 Å². The van der Waals surface area contributed by atoms with E-state index in [1.165, 1.54) is 11.1 Å². The number of H-pyrrole nitrogens is 1. The molecular weight excluding hydrogens is 312 g/mol. The summed E-state index contributed by atoms with van der Waals surface area (Å²) >= 11 is 0. The van der Waals surface area contributed by atoms with Crippen molar-refractivity contribution in [3.8, 4) is 11.1 Å². The molecule has 0 saturated heterocycles. The lowest BCUT2D eigenvalue weighted by Crippen LogP contribution is -2.14. The Bertz CT molecular complexity index is 1060. The monoisotopic (exact) mass is 328 g/mol. The first-order valence-corrected chi connectivity index (χ1v) is 8.03. The van der Waals surface area contributed by atoms with Gasteiger partial charge in [0.2, 0.25) is 0 Å². The number of nitrogens with one attached hydrogen (secondary N) is 2. The van der Waals surface area contributed by atoms with Gasteiger partial charge in [0.25, 0.3) is 0 Å². The molecule has 4 rings (SSSR count). The van der Waals surface area contributed by atoms with E-state index in [1.807, 2.05) is 30.3 Å². The highest BCUT2D eigenvalue weighted by Crippen LogP contribution is 2.20. The molecule has 122 valence electrons. The molecule has 0 radical (unpaired) electrons. The van der Waals surface area contributed by atoms with E-state index in [4.69, 9.17) is 0 Å². The standard InChI is InChI=1S/C20H16N4O/c25-20-23-18-17(7-4-12-21-18)19(24-20)22-13-14-8-10-16(11-9-14)15-5-2-1-3-6-15/h1-12H,13H2,(H2,21,22,23,24,25). The van der Waals surface area contributed by atoms with Gasteiger partial charge in [-0.05, 0) is 28.8 Å². The highest BCUT2D eigenvalue weighted by atomic mass is 16.1. The van der Waals surface area contributed by atoms with Gasteiger partial charge in [0.1, 0.15) is 11.5 Å². The van der Waals surface area contributed by atoms with E-state index in [1.54, 1.807) is 6.20 Å². The van der Waals surface area contributed by atoms with Crippen molar-refractivity contribution in [1.82, 2.24) is 15.0 Å². The van der Waals surface area contributed by atoms with Crippen LogP contribution in [0.25, 0.3) is 22.2 Å². The summed E-state index contributed by atoms with van der Waals surface area (Å²) in [5.41, 5.74) is 3.60. The number of benzene rings is 2. The fourth-order valence-corrected chi connectivity index (χ4v) is 2.75. The second kappa shape index (κ2) is 6.57. The molecule has 0 bridgehead atoms. The summed E-state index contributed by atoms with van der Waals surface area (Å²) in [6.07, 6.45) is 1.64. The van der Waals surface area contributed by atoms with Crippen molar-refractivity contribution in [2.45, 2.75) is 6.54 Å². The molecule has 0 aliphatic heterocycles. The summed E-state index contributed by atoms with van der Waals surface area (Å²) < 4.78 is 0. The highest BCUT2D eigenvalue weighted by Gasteiger charge is 2.05. The van der Waals surface area contributed by atoms with Crippen LogP contribution in [0, 0.1) is 0 Å². The number of fused-ring (bicyclic) bond motifs is 1. The maximum atomic E-state index is 11.7. The molecule has 2 aromatic heterocycles. The molecule has 0 atom stereocenters. The van der Waals surface area contributed by atoms with Crippen molar-refractivity contribution >= 4 is 16.9 Å². The maximum absolute atomic E-state index is 11.7. The molecule has 2 N–H and O–H groups in total. The first kappa shape index (κ1) is 15.1. The molecule has 4 aromatic rings. The van der Waals surface area contributed by atoms with Crippen LogP contribution in [0.5, 0.6) is 0 Å². The van der Waals surface area contributed by atoms with Gasteiger partial charge in [0.05, 0.1) is 5.39 Å². The van der Waals surface area contributed by atoms with Crippen LogP contribution in [0.15, 0.2) is 77.7 Å². The number of nitrogens with zero attached hydrogens (tertiary/aromatic N) is 2. The van der Waals surface area contributed by atoms with E-state index in [-0.39, 0.29) is 0 Å². The Balaban J connectivity index is 1.55. The molecule has 2 aromatic carbocycles. The number of aromatic nitrogens is 3. The highest BCUT2D eigenvalue weighted by molar-refractivity contribution is 5.85. The molecule has 0 aliphatic carbocycles. The minimum absolute atomic E-state index is 0.409. The summed E-state index contributed by atoms with van der Waals surface area (Å²) in [4.78, 5) is 22.5. The lowest BCUT2D eigenvalue weighted by Gasteiger charge is -2.09. The van der Waals surface area contributed by atoms with Crippen LogP contribution in [0.4, 0.5) is 5.82 Å². The number of pyridine rings is 1. The Hall–Kier alpha value is -3.47. The van der Waals surface area contributed by atoms with Crippen molar-refractivity contribution < 1.29 is 0 Å². The minimum Gasteiger partial charge on any atom is -0.365 e. The predicted octanol–water partition coefficient (Wildman–Crippen LogP) is 3.60. The van der Waals surface area contributed by atoms with E-state index >= 15 is 0 Å². The molecule has 0 spiro atoms. The topological polar surface area (TPSA) is 70.7 Å². The first-order valence-electron chi connectivity index (χ1n) is 8.03. The summed E-state index contributed by atoms with van der Waals surface area (Å²) in [5.74, 6) is 0.541. The van der Waals surface area contributed by atoms with E-state index in [2.05, 4.69) is 56.7 Å².